The smallest absolute Gasteiger partial charge is 0.119 e. The zero-order valence-corrected chi connectivity index (χ0v) is 12.0. The van der Waals surface area contributed by atoms with Crippen LogP contribution in [-0.4, -0.2) is 37.6 Å². The van der Waals surface area contributed by atoms with E-state index in [-0.39, 0.29) is 12.7 Å². The highest BCUT2D eigenvalue weighted by Crippen LogP contribution is 2.18. The molecule has 1 aromatic rings. The highest BCUT2D eigenvalue weighted by atomic mass is 16.5. The van der Waals surface area contributed by atoms with Crippen LogP contribution in [0.2, 0.25) is 0 Å². The Morgan fingerprint density at radius 1 is 1.05 bits per heavy atom. The van der Waals surface area contributed by atoms with Gasteiger partial charge in [-0.2, -0.15) is 0 Å². The maximum absolute atomic E-state index is 10.0. The second-order valence-corrected chi connectivity index (χ2v) is 4.32. The Hall–Kier alpha value is -1.10. The molecule has 0 amide bonds. The lowest BCUT2D eigenvalue weighted by atomic mass is 10.1. The van der Waals surface area contributed by atoms with Crippen molar-refractivity contribution in [3.8, 4) is 5.75 Å². The molecule has 2 unspecified atom stereocenters. The normalized spacial score (nSPS) is 14.1. The molecule has 2 atom stereocenters. The predicted molar refractivity (Wildman–Crippen MR) is 74.5 cm³/mol. The molecule has 0 aliphatic heterocycles. The van der Waals surface area contributed by atoms with Gasteiger partial charge >= 0.3 is 0 Å². The summed E-state index contributed by atoms with van der Waals surface area (Å²) < 4.78 is 16.1. The zero-order valence-electron chi connectivity index (χ0n) is 12.0. The fourth-order valence-corrected chi connectivity index (χ4v) is 1.64. The van der Waals surface area contributed by atoms with E-state index < -0.39 is 6.10 Å². The quantitative estimate of drug-likeness (QED) is 0.747. The number of aliphatic hydroxyl groups is 1. The van der Waals surface area contributed by atoms with Gasteiger partial charge in [0, 0.05) is 6.61 Å². The molecule has 0 radical (unpaired) electrons. The SMILES string of the molecule is CCOCC(C)OCC(O)c1ccc(OCC)cc1. The van der Waals surface area contributed by atoms with Crippen LogP contribution < -0.4 is 4.74 Å². The van der Waals surface area contributed by atoms with Crippen molar-refractivity contribution in [2.75, 3.05) is 26.4 Å². The van der Waals surface area contributed by atoms with Gasteiger partial charge in [0.2, 0.25) is 0 Å². The molecule has 0 aromatic heterocycles. The van der Waals surface area contributed by atoms with E-state index >= 15 is 0 Å². The van der Waals surface area contributed by atoms with Gasteiger partial charge in [0.25, 0.3) is 0 Å². The van der Waals surface area contributed by atoms with Crippen LogP contribution >= 0.6 is 0 Å². The maximum Gasteiger partial charge on any atom is 0.119 e. The number of hydrogen-bond donors (Lipinski definition) is 1. The van der Waals surface area contributed by atoms with E-state index in [1.165, 1.54) is 0 Å². The molecule has 0 heterocycles. The summed E-state index contributed by atoms with van der Waals surface area (Å²) in [5.74, 6) is 0.809. The Balaban J connectivity index is 2.38. The minimum Gasteiger partial charge on any atom is -0.494 e. The van der Waals surface area contributed by atoms with Gasteiger partial charge in [-0.1, -0.05) is 12.1 Å². The average Bonchev–Trinajstić information content (AvgIpc) is 2.43. The van der Waals surface area contributed by atoms with Crippen LogP contribution in [0, 0.1) is 0 Å². The van der Waals surface area contributed by atoms with Gasteiger partial charge in [-0.05, 0) is 38.5 Å². The second kappa shape index (κ2) is 8.91. The Morgan fingerprint density at radius 2 is 1.74 bits per heavy atom. The summed E-state index contributed by atoms with van der Waals surface area (Å²) in [6, 6.07) is 7.41. The van der Waals surface area contributed by atoms with Crippen molar-refractivity contribution in [1.29, 1.82) is 0 Å². The summed E-state index contributed by atoms with van der Waals surface area (Å²) in [4.78, 5) is 0. The summed E-state index contributed by atoms with van der Waals surface area (Å²) in [5, 5.41) is 10.0. The highest BCUT2D eigenvalue weighted by Gasteiger charge is 2.10. The third kappa shape index (κ3) is 6.05. The number of benzene rings is 1. The van der Waals surface area contributed by atoms with Crippen LogP contribution in [0.1, 0.15) is 32.4 Å². The first-order chi connectivity index (χ1) is 9.17. The molecule has 0 fully saturated rings. The minimum absolute atomic E-state index is 0.0164. The fourth-order valence-electron chi connectivity index (χ4n) is 1.64. The highest BCUT2D eigenvalue weighted by molar-refractivity contribution is 5.28. The Bertz CT molecular complexity index is 337. The van der Waals surface area contributed by atoms with E-state index in [1.807, 2.05) is 45.0 Å². The number of aliphatic hydroxyl groups excluding tert-OH is 1. The van der Waals surface area contributed by atoms with E-state index in [4.69, 9.17) is 14.2 Å². The number of ether oxygens (including phenoxy) is 3. The number of hydrogen-bond acceptors (Lipinski definition) is 4. The molecule has 0 aliphatic rings. The lowest BCUT2D eigenvalue weighted by Gasteiger charge is -2.16. The molecular formula is C15H24O4. The van der Waals surface area contributed by atoms with Gasteiger partial charge in [0.1, 0.15) is 11.9 Å². The molecule has 4 heteroatoms. The van der Waals surface area contributed by atoms with Gasteiger partial charge in [-0.3, -0.25) is 0 Å². The number of rotatable bonds is 9. The van der Waals surface area contributed by atoms with Crippen LogP contribution in [0.3, 0.4) is 0 Å². The Labute approximate surface area is 115 Å². The first-order valence-corrected chi connectivity index (χ1v) is 6.77. The summed E-state index contributed by atoms with van der Waals surface area (Å²) in [6.45, 7) is 7.95. The van der Waals surface area contributed by atoms with E-state index in [1.54, 1.807) is 0 Å². The average molecular weight is 268 g/mol. The summed E-state index contributed by atoms with van der Waals surface area (Å²) in [6.07, 6.45) is -0.642. The lowest BCUT2D eigenvalue weighted by Crippen LogP contribution is -2.19. The molecule has 0 bridgehead atoms. The third-order valence-electron chi connectivity index (χ3n) is 2.67. The van der Waals surface area contributed by atoms with Crippen LogP contribution in [0.4, 0.5) is 0 Å². The summed E-state index contributed by atoms with van der Waals surface area (Å²) in [5.41, 5.74) is 0.826. The second-order valence-electron chi connectivity index (χ2n) is 4.32. The van der Waals surface area contributed by atoms with Crippen LogP contribution in [0.25, 0.3) is 0 Å². The van der Waals surface area contributed by atoms with Gasteiger partial charge in [0.15, 0.2) is 0 Å². The fraction of sp³-hybridized carbons (Fsp3) is 0.600. The van der Waals surface area contributed by atoms with E-state index in [2.05, 4.69) is 0 Å². The van der Waals surface area contributed by atoms with Crippen LogP contribution in [0.5, 0.6) is 5.75 Å². The van der Waals surface area contributed by atoms with E-state index in [9.17, 15) is 5.11 Å². The van der Waals surface area contributed by atoms with Crippen molar-refractivity contribution in [1.82, 2.24) is 0 Å². The van der Waals surface area contributed by atoms with Crippen molar-refractivity contribution >= 4 is 0 Å². The summed E-state index contributed by atoms with van der Waals surface area (Å²) >= 11 is 0. The van der Waals surface area contributed by atoms with Crippen molar-refractivity contribution in [3.63, 3.8) is 0 Å². The Kier molecular flexibility index (Phi) is 7.48. The van der Waals surface area contributed by atoms with Gasteiger partial charge in [-0.25, -0.2) is 0 Å². The lowest BCUT2D eigenvalue weighted by molar-refractivity contribution is -0.0395. The minimum atomic E-state index is -0.625. The first kappa shape index (κ1) is 16.0. The molecular weight excluding hydrogens is 244 g/mol. The maximum atomic E-state index is 10.0. The molecule has 1 N–H and O–H groups in total. The molecule has 1 aromatic carbocycles. The topological polar surface area (TPSA) is 47.9 Å². The van der Waals surface area contributed by atoms with Crippen molar-refractivity contribution < 1.29 is 19.3 Å². The molecule has 108 valence electrons. The molecule has 19 heavy (non-hydrogen) atoms. The van der Waals surface area contributed by atoms with Crippen LogP contribution in [0.15, 0.2) is 24.3 Å². The van der Waals surface area contributed by atoms with Crippen molar-refractivity contribution in [3.05, 3.63) is 29.8 Å². The largest absolute Gasteiger partial charge is 0.494 e. The molecule has 1 rings (SSSR count). The first-order valence-electron chi connectivity index (χ1n) is 6.77. The third-order valence-corrected chi connectivity index (χ3v) is 2.67. The van der Waals surface area contributed by atoms with E-state index in [0.717, 1.165) is 11.3 Å². The standard InChI is InChI=1S/C15H24O4/c1-4-17-10-12(3)19-11-15(16)13-6-8-14(9-7-13)18-5-2/h6-9,12,15-16H,4-5,10-11H2,1-3H3. The monoisotopic (exact) mass is 268 g/mol. The molecule has 0 saturated carbocycles. The molecule has 0 aliphatic carbocycles. The Morgan fingerprint density at radius 3 is 2.32 bits per heavy atom. The van der Waals surface area contributed by atoms with Gasteiger partial charge in [-0.15, -0.1) is 0 Å². The predicted octanol–water partition coefficient (Wildman–Crippen LogP) is 2.56. The van der Waals surface area contributed by atoms with Gasteiger partial charge in [0.05, 0.1) is 25.9 Å². The van der Waals surface area contributed by atoms with Crippen molar-refractivity contribution in [2.45, 2.75) is 33.0 Å². The zero-order chi connectivity index (χ0) is 14.1. The van der Waals surface area contributed by atoms with Crippen molar-refractivity contribution in [2.24, 2.45) is 0 Å². The van der Waals surface area contributed by atoms with E-state index in [0.29, 0.717) is 19.8 Å². The molecule has 0 saturated heterocycles. The van der Waals surface area contributed by atoms with Gasteiger partial charge < -0.3 is 19.3 Å². The van der Waals surface area contributed by atoms with Crippen LogP contribution in [-0.2, 0) is 9.47 Å². The molecule has 0 spiro atoms. The summed E-state index contributed by atoms with van der Waals surface area (Å²) in [7, 11) is 0. The molecule has 4 nitrogen and oxygen atoms in total.